The highest BCUT2D eigenvalue weighted by atomic mass is 32.5. The minimum absolute atomic E-state index is 0.0775. The van der Waals surface area contributed by atoms with Crippen molar-refractivity contribution in [2.45, 2.75) is 49.1 Å². The van der Waals surface area contributed by atoms with Crippen molar-refractivity contribution in [3.8, 4) is 0 Å². The molecule has 7 rings (SSSR count). The number of rotatable bonds is 2. The molecule has 0 radical (unpaired) electrons. The number of aromatic nitrogens is 8. The van der Waals surface area contributed by atoms with E-state index in [0.29, 0.717) is 0 Å². The quantitative estimate of drug-likeness (QED) is 0.207. The number of ether oxygens (including phenoxy) is 2. The number of imidazole rings is 2. The second kappa shape index (κ2) is 10.9. The van der Waals surface area contributed by atoms with Crippen LogP contribution in [0.2, 0.25) is 0 Å². The summed E-state index contributed by atoms with van der Waals surface area (Å²) in [6.45, 7) is -5.15. The number of nitrogens with zero attached hydrogens (tertiary/aromatic N) is 8. The summed E-state index contributed by atoms with van der Waals surface area (Å²) in [7, 11) is -2.96. The Bertz CT molecular complexity index is 1770. The molecule has 0 spiro atoms. The van der Waals surface area contributed by atoms with E-state index in [2.05, 4.69) is 29.9 Å². The first kappa shape index (κ1) is 28.8. The third-order valence-electron chi connectivity index (χ3n) is 7.11. The monoisotopic (exact) mass is 659 g/mol. The summed E-state index contributed by atoms with van der Waals surface area (Å²) in [6, 6.07) is 0. The predicted octanol–water partition coefficient (Wildman–Crippen LogP) is 0.0158. The van der Waals surface area contributed by atoms with E-state index in [9.17, 15) is 14.6 Å². The molecule has 0 aromatic carbocycles. The molecule has 3 fully saturated rings. The fraction of sp³-hybridized carbons (Fsp3) is 0.500. The van der Waals surface area contributed by atoms with Crippen LogP contribution in [0.4, 0.5) is 16.0 Å². The van der Waals surface area contributed by atoms with Gasteiger partial charge in [0.1, 0.15) is 54.7 Å². The van der Waals surface area contributed by atoms with Crippen LogP contribution in [0.1, 0.15) is 12.5 Å². The normalized spacial score (nSPS) is 36.3. The van der Waals surface area contributed by atoms with Crippen LogP contribution in [0, 0.1) is 0 Å². The van der Waals surface area contributed by atoms with Gasteiger partial charge >= 0.3 is 15.0 Å². The zero-order valence-electron chi connectivity index (χ0n) is 21.5. The van der Waals surface area contributed by atoms with Crippen molar-refractivity contribution in [2.24, 2.45) is 0 Å². The van der Waals surface area contributed by atoms with Gasteiger partial charge in [0.25, 0.3) is 0 Å². The van der Waals surface area contributed by atoms with Gasteiger partial charge in [-0.2, -0.15) is 0 Å². The third kappa shape index (κ3) is 5.05. The number of aliphatic hydroxyl groups is 1. The smallest absolute Gasteiger partial charge is 0.386 e. The van der Waals surface area contributed by atoms with Crippen molar-refractivity contribution >= 4 is 60.7 Å². The molecule has 228 valence electrons. The highest BCUT2D eigenvalue weighted by Gasteiger charge is 2.55. The van der Waals surface area contributed by atoms with Crippen LogP contribution in [0.3, 0.4) is 0 Å². The summed E-state index contributed by atoms with van der Waals surface area (Å²) in [5.74, 6) is 0.184. The molecular formula is C20H22FN10O9P2S+. The number of hydrogen-bond acceptors (Lipinski definition) is 17. The van der Waals surface area contributed by atoms with Crippen LogP contribution in [-0.4, -0.2) is 98.9 Å². The maximum absolute atomic E-state index is 15.8. The number of aliphatic hydroxyl groups excluding tert-OH is 1. The molecule has 0 bridgehead atoms. The summed E-state index contributed by atoms with van der Waals surface area (Å²) in [5.41, 5.74) is 12.6. The van der Waals surface area contributed by atoms with Crippen LogP contribution in [0.5, 0.6) is 0 Å². The lowest BCUT2D eigenvalue weighted by molar-refractivity contribution is -0.0565. The van der Waals surface area contributed by atoms with Crippen molar-refractivity contribution in [3.05, 3.63) is 25.3 Å². The zero-order chi connectivity index (χ0) is 30.0. The summed E-state index contributed by atoms with van der Waals surface area (Å²) in [5, 5.41) is 11.2. The number of nitrogen functional groups attached to an aromatic ring is 2. The average molecular weight is 659 g/mol. The Morgan fingerprint density at radius 1 is 0.930 bits per heavy atom. The fourth-order valence-electron chi connectivity index (χ4n) is 5.12. The molecule has 0 amide bonds. The molecule has 3 aliphatic heterocycles. The molecule has 0 saturated carbocycles. The zero-order valence-corrected chi connectivity index (χ0v) is 24.1. The van der Waals surface area contributed by atoms with Crippen LogP contribution in [-0.2, 0) is 43.9 Å². The van der Waals surface area contributed by atoms with Gasteiger partial charge in [0.2, 0.25) is 0 Å². The van der Waals surface area contributed by atoms with Gasteiger partial charge in [-0.05, 0) is 11.8 Å². The largest absolute Gasteiger partial charge is 0.697 e. The van der Waals surface area contributed by atoms with E-state index in [1.165, 1.54) is 34.4 Å². The maximum Gasteiger partial charge on any atom is 0.697 e. The van der Waals surface area contributed by atoms with Crippen LogP contribution in [0.15, 0.2) is 25.3 Å². The van der Waals surface area contributed by atoms with Crippen LogP contribution < -0.4 is 11.5 Å². The van der Waals surface area contributed by atoms with Gasteiger partial charge in [-0.25, -0.2) is 34.3 Å². The Kier molecular flexibility index (Phi) is 7.30. The molecule has 0 aliphatic carbocycles. The van der Waals surface area contributed by atoms with E-state index < -0.39 is 77.3 Å². The van der Waals surface area contributed by atoms with Crippen molar-refractivity contribution in [3.63, 3.8) is 0 Å². The van der Waals surface area contributed by atoms with Gasteiger partial charge < -0.3 is 35.5 Å². The maximum atomic E-state index is 15.8. The molecular weight excluding hydrogens is 637 g/mol. The first-order valence-electron chi connectivity index (χ1n) is 12.5. The first-order valence-corrected chi connectivity index (χ1v) is 16.2. The Morgan fingerprint density at radius 3 is 2.16 bits per heavy atom. The number of alkyl halides is 1. The lowest BCUT2D eigenvalue weighted by atomic mass is 10.1. The molecule has 6 N–H and O–H groups in total. The lowest BCUT2D eigenvalue weighted by Crippen LogP contribution is -2.37. The highest BCUT2D eigenvalue weighted by molar-refractivity contribution is 8.07. The number of hydrogen-bond donors (Lipinski definition) is 4. The number of anilines is 2. The molecule has 4 aromatic rings. The average Bonchev–Trinajstić information content (AvgIpc) is 3.73. The number of fused-ring (bicyclic) bond motifs is 4. The fourth-order valence-corrected chi connectivity index (χ4v) is 7.35. The van der Waals surface area contributed by atoms with Gasteiger partial charge in [-0.3, -0.25) is 13.7 Å². The number of nitrogens with two attached hydrogens (primary N) is 2. The second-order valence-corrected chi connectivity index (χ2v) is 13.4. The lowest BCUT2D eigenvalue weighted by Gasteiger charge is -2.26. The molecule has 3 saturated heterocycles. The van der Waals surface area contributed by atoms with Crippen molar-refractivity contribution in [1.29, 1.82) is 0 Å². The van der Waals surface area contributed by atoms with Gasteiger partial charge in [0.05, 0.1) is 19.3 Å². The Balaban J connectivity index is 1.14. The van der Waals surface area contributed by atoms with E-state index >= 15 is 4.39 Å². The summed E-state index contributed by atoms with van der Waals surface area (Å²) < 4.78 is 65.1. The Labute approximate surface area is 245 Å². The molecule has 7 heterocycles. The summed E-state index contributed by atoms with van der Waals surface area (Å²) >= 11 is 5.20. The predicted molar refractivity (Wildman–Crippen MR) is 144 cm³/mol. The molecule has 23 heteroatoms. The van der Waals surface area contributed by atoms with E-state index in [0.717, 1.165) is 0 Å². The van der Waals surface area contributed by atoms with Crippen LogP contribution in [0.25, 0.3) is 22.3 Å². The third-order valence-corrected chi connectivity index (χ3v) is 9.44. The van der Waals surface area contributed by atoms with Gasteiger partial charge in [-0.1, -0.05) is 0 Å². The van der Waals surface area contributed by atoms with E-state index in [1.807, 2.05) is 0 Å². The van der Waals surface area contributed by atoms with Gasteiger partial charge in [0, 0.05) is 4.57 Å². The first-order chi connectivity index (χ1) is 20.6. The van der Waals surface area contributed by atoms with Crippen molar-refractivity contribution < 1.29 is 46.5 Å². The van der Waals surface area contributed by atoms with Crippen molar-refractivity contribution in [2.75, 3.05) is 24.7 Å². The van der Waals surface area contributed by atoms with E-state index in [1.54, 1.807) is 0 Å². The summed E-state index contributed by atoms with van der Waals surface area (Å²) in [6.07, 6.45) is -6.17. The molecule has 2 unspecified atom stereocenters. The highest BCUT2D eigenvalue weighted by Crippen LogP contribution is 2.51. The van der Waals surface area contributed by atoms with E-state index in [4.69, 9.17) is 50.8 Å². The molecule has 19 nitrogen and oxygen atoms in total. The molecule has 3 aliphatic rings. The van der Waals surface area contributed by atoms with Crippen LogP contribution >= 0.6 is 15.0 Å². The van der Waals surface area contributed by atoms with Crippen molar-refractivity contribution in [1.82, 2.24) is 39.0 Å². The second-order valence-electron chi connectivity index (χ2n) is 9.65. The molecule has 10 atom stereocenters. The molecule has 43 heavy (non-hydrogen) atoms. The Morgan fingerprint density at radius 2 is 1.51 bits per heavy atom. The minimum atomic E-state index is -4.13. The van der Waals surface area contributed by atoms with E-state index in [-0.39, 0.29) is 34.0 Å². The molecule has 4 aromatic heterocycles. The van der Waals surface area contributed by atoms with Gasteiger partial charge in [-0.15, -0.1) is 9.05 Å². The number of halogens is 1. The topological polar surface area (TPSA) is 252 Å². The van der Waals surface area contributed by atoms with Gasteiger partial charge in [0.15, 0.2) is 47.7 Å². The standard InChI is InChI=1S/C20H21FN10O9P2S/c21-9-13-8(37-19(9)30-5-28-10-15(22)24-3-26-17(10)30)2-36-42(34,43)40-14-7(1-35-41(33)39-13)38-20(12(14)32)31-6-29-11-16(23)25-4-27-18(11)31/h3-9,12-14,19-20,32H,1-2H2,(H4-,22,23,24,25,26,27,34,43)/p+1/t7-,8-,9-,12-,13-,14-,19-,20-,42?/m1/s1. The minimum Gasteiger partial charge on any atom is -0.386 e. The Hall–Kier alpha value is -2.94. The SMILES string of the molecule is Nc1ncnc2c1ncn2[C@@H]1O[C@@H]2CO[P+](=O)O[C@H]3[C@@H](F)[C@H](n4cnc5c(N)ncnc54)O[C@@H]3COP(O)(=S)O[C@H]2[C@H]1O. The summed E-state index contributed by atoms with van der Waals surface area (Å²) in [4.78, 5) is 35.2.